The van der Waals surface area contributed by atoms with E-state index in [4.69, 9.17) is 0 Å². The highest BCUT2D eigenvalue weighted by Gasteiger charge is 2.30. The summed E-state index contributed by atoms with van der Waals surface area (Å²) in [5.74, 6) is 3.13. The number of likely N-dealkylation sites (tertiary alicyclic amines) is 1. The number of carbonyl (C=O) groups is 1. The maximum atomic E-state index is 12.0. The molecule has 0 bridgehead atoms. The third-order valence-electron chi connectivity index (χ3n) is 4.89. The third-order valence-corrected chi connectivity index (χ3v) is 4.89. The lowest BCUT2D eigenvalue weighted by atomic mass is 9.95. The van der Waals surface area contributed by atoms with Gasteiger partial charge in [-0.05, 0) is 38.5 Å². The fourth-order valence-electron chi connectivity index (χ4n) is 3.34. The zero-order valence-electron chi connectivity index (χ0n) is 13.5. The SMILES string of the molecule is Cc1cnc(C2CC2)n1CC1CCN(C(=O)C(C)C)CC1. The Hall–Kier alpha value is -1.32. The van der Waals surface area contributed by atoms with E-state index in [0.717, 1.165) is 32.5 Å². The minimum atomic E-state index is 0.124. The average Bonchev–Trinajstić information content (AvgIpc) is 3.25. The fourth-order valence-corrected chi connectivity index (χ4v) is 3.34. The van der Waals surface area contributed by atoms with Gasteiger partial charge in [-0.25, -0.2) is 4.98 Å². The van der Waals surface area contributed by atoms with Crippen molar-refractivity contribution in [2.45, 2.75) is 58.9 Å². The highest BCUT2D eigenvalue weighted by Crippen LogP contribution is 2.40. The van der Waals surface area contributed by atoms with Gasteiger partial charge in [0.05, 0.1) is 0 Å². The lowest BCUT2D eigenvalue weighted by molar-refractivity contribution is -0.135. The molecule has 1 aromatic rings. The Morgan fingerprint density at radius 2 is 1.95 bits per heavy atom. The van der Waals surface area contributed by atoms with Crippen LogP contribution in [0.1, 0.15) is 57.0 Å². The molecule has 4 nitrogen and oxygen atoms in total. The molecule has 0 N–H and O–H groups in total. The van der Waals surface area contributed by atoms with Gasteiger partial charge in [0.2, 0.25) is 5.91 Å². The maximum Gasteiger partial charge on any atom is 0.225 e. The van der Waals surface area contributed by atoms with Gasteiger partial charge in [0, 0.05) is 43.4 Å². The summed E-state index contributed by atoms with van der Waals surface area (Å²) in [6.45, 7) is 9.08. The summed E-state index contributed by atoms with van der Waals surface area (Å²) in [5.41, 5.74) is 1.29. The van der Waals surface area contributed by atoms with Gasteiger partial charge in [-0.1, -0.05) is 13.8 Å². The second-order valence-corrected chi connectivity index (χ2v) is 7.07. The van der Waals surface area contributed by atoms with Crippen molar-refractivity contribution in [3.63, 3.8) is 0 Å². The Balaban J connectivity index is 1.58. The van der Waals surface area contributed by atoms with Crippen LogP contribution < -0.4 is 0 Å². The Bertz CT molecular complexity index is 508. The summed E-state index contributed by atoms with van der Waals surface area (Å²) in [7, 11) is 0. The Labute approximate surface area is 127 Å². The largest absolute Gasteiger partial charge is 0.342 e. The third kappa shape index (κ3) is 3.14. The molecule has 0 radical (unpaired) electrons. The summed E-state index contributed by atoms with van der Waals surface area (Å²) >= 11 is 0. The van der Waals surface area contributed by atoms with Crippen molar-refractivity contribution in [3.05, 3.63) is 17.7 Å². The zero-order valence-corrected chi connectivity index (χ0v) is 13.5. The van der Waals surface area contributed by atoms with Crippen molar-refractivity contribution in [2.75, 3.05) is 13.1 Å². The molecule has 2 heterocycles. The van der Waals surface area contributed by atoms with Crippen LogP contribution in [0, 0.1) is 18.8 Å². The van der Waals surface area contributed by atoms with Gasteiger partial charge in [0.25, 0.3) is 0 Å². The van der Waals surface area contributed by atoms with Gasteiger partial charge < -0.3 is 9.47 Å². The molecule has 1 saturated carbocycles. The normalized spacial score (nSPS) is 20.3. The van der Waals surface area contributed by atoms with Crippen LogP contribution in [0.4, 0.5) is 0 Å². The van der Waals surface area contributed by atoms with Crippen molar-refractivity contribution in [2.24, 2.45) is 11.8 Å². The van der Waals surface area contributed by atoms with E-state index in [-0.39, 0.29) is 5.92 Å². The van der Waals surface area contributed by atoms with Crippen LogP contribution in [-0.4, -0.2) is 33.4 Å². The standard InChI is InChI=1S/C17H27N3O/c1-12(2)17(21)19-8-6-14(7-9-19)11-20-13(3)10-18-16(20)15-4-5-15/h10,12,14-15H,4-9,11H2,1-3H3. The van der Waals surface area contributed by atoms with E-state index in [2.05, 4.69) is 16.5 Å². The van der Waals surface area contributed by atoms with E-state index in [1.54, 1.807) is 0 Å². The summed E-state index contributed by atoms with van der Waals surface area (Å²) in [6.07, 6.45) is 6.88. The van der Waals surface area contributed by atoms with E-state index in [1.165, 1.54) is 24.4 Å². The molecule has 1 amide bonds. The number of aryl methyl sites for hydroxylation is 1. The number of nitrogens with zero attached hydrogens (tertiary/aromatic N) is 3. The van der Waals surface area contributed by atoms with Crippen molar-refractivity contribution < 1.29 is 4.79 Å². The molecular weight excluding hydrogens is 262 g/mol. The number of piperidine rings is 1. The van der Waals surface area contributed by atoms with Gasteiger partial charge in [-0.15, -0.1) is 0 Å². The number of amides is 1. The van der Waals surface area contributed by atoms with Crippen LogP contribution in [0.15, 0.2) is 6.20 Å². The summed E-state index contributed by atoms with van der Waals surface area (Å²) < 4.78 is 2.43. The smallest absolute Gasteiger partial charge is 0.225 e. The molecule has 116 valence electrons. The van der Waals surface area contributed by atoms with Crippen LogP contribution in [-0.2, 0) is 11.3 Å². The van der Waals surface area contributed by atoms with Gasteiger partial charge in [-0.2, -0.15) is 0 Å². The van der Waals surface area contributed by atoms with Crippen molar-refractivity contribution in [3.8, 4) is 0 Å². The predicted molar refractivity (Wildman–Crippen MR) is 83.1 cm³/mol. The molecule has 0 unspecified atom stereocenters. The molecular formula is C17H27N3O. The van der Waals surface area contributed by atoms with E-state index in [0.29, 0.717) is 17.7 Å². The first-order valence-electron chi connectivity index (χ1n) is 8.37. The number of carbonyl (C=O) groups excluding carboxylic acids is 1. The van der Waals surface area contributed by atoms with Crippen LogP contribution >= 0.6 is 0 Å². The molecule has 3 rings (SSSR count). The number of imidazole rings is 1. The molecule has 1 aliphatic heterocycles. The molecule has 2 fully saturated rings. The van der Waals surface area contributed by atoms with Crippen molar-refractivity contribution in [1.29, 1.82) is 0 Å². The maximum absolute atomic E-state index is 12.0. The van der Waals surface area contributed by atoms with Gasteiger partial charge >= 0.3 is 0 Å². The molecule has 0 atom stereocenters. The second kappa shape index (κ2) is 5.82. The van der Waals surface area contributed by atoms with Gasteiger partial charge in [-0.3, -0.25) is 4.79 Å². The number of aromatic nitrogens is 2. The minimum absolute atomic E-state index is 0.124. The lowest BCUT2D eigenvalue weighted by Gasteiger charge is -2.33. The van der Waals surface area contributed by atoms with E-state index >= 15 is 0 Å². The van der Waals surface area contributed by atoms with Gasteiger partial charge in [0.1, 0.15) is 5.82 Å². The second-order valence-electron chi connectivity index (χ2n) is 7.07. The molecule has 1 saturated heterocycles. The molecule has 1 aromatic heterocycles. The number of hydrogen-bond donors (Lipinski definition) is 0. The van der Waals surface area contributed by atoms with E-state index in [1.807, 2.05) is 24.9 Å². The summed E-state index contributed by atoms with van der Waals surface area (Å²) in [4.78, 5) is 18.7. The molecule has 21 heavy (non-hydrogen) atoms. The Kier molecular flexibility index (Phi) is 4.05. The Morgan fingerprint density at radius 1 is 1.29 bits per heavy atom. The van der Waals surface area contributed by atoms with Crippen molar-refractivity contribution >= 4 is 5.91 Å². The monoisotopic (exact) mass is 289 g/mol. The quantitative estimate of drug-likeness (QED) is 0.854. The number of rotatable bonds is 4. The first-order chi connectivity index (χ1) is 10.1. The molecule has 1 aliphatic carbocycles. The first-order valence-corrected chi connectivity index (χ1v) is 8.37. The average molecular weight is 289 g/mol. The summed E-state index contributed by atoms with van der Waals surface area (Å²) in [6, 6.07) is 0. The van der Waals surface area contributed by atoms with E-state index in [9.17, 15) is 4.79 Å². The molecule has 4 heteroatoms. The van der Waals surface area contributed by atoms with Crippen LogP contribution in [0.3, 0.4) is 0 Å². The first kappa shape index (κ1) is 14.6. The fraction of sp³-hybridized carbons (Fsp3) is 0.765. The predicted octanol–water partition coefficient (Wildman–Crippen LogP) is 2.96. The molecule has 2 aliphatic rings. The van der Waals surface area contributed by atoms with E-state index < -0.39 is 0 Å². The topological polar surface area (TPSA) is 38.1 Å². The zero-order chi connectivity index (χ0) is 15.0. The van der Waals surface area contributed by atoms with Crippen LogP contribution in [0.2, 0.25) is 0 Å². The Morgan fingerprint density at radius 3 is 2.52 bits per heavy atom. The van der Waals surface area contributed by atoms with Crippen molar-refractivity contribution in [1.82, 2.24) is 14.5 Å². The molecule has 0 aromatic carbocycles. The van der Waals surface area contributed by atoms with Crippen LogP contribution in [0.5, 0.6) is 0 Å². The van der Waals surface area contributed by atoms with Crippen LogP contribution in [0.25, 0.3) is 0 Å². The van der Waals surface area contributed by atoms with Gasteiger partial charge in [0.15, 0.2) is 0 Å². The summed E-state index contributed by atoms with van der Waals surface area (Å²) in [5, 5.41) is 0. The number of hydrogen-bond acceptors (Lipinski definition) is 2. The molecule has 0 spiro atoms. The lowest BCUT2D eigenvalue weighted by Crippen LogP contribution is -2.41. The highest BCUT2D eigenvalue weighted by atomic mass is 16.2. The highest BCUT2D eigenvalue weighted by molar-refractivity contribution is 5.78. The minimum Gasteiger partial charge on any atom is -0.342 e.